The zero-order chi connectivity index (χ0) is 14.3. The van der Waals surface area contributed by atoms with Crippen LogP contribution in [0.25, 0.3) is 0 Å². The summed E-state index contributed by atoms with van der Waals surface area (Å²) in [6.45, 7) is 2.80. The third-order valence-electron chi connectivity index (χ3n) is 2.33. The third kappa shape index (κ3) is 5.91. The zero-order valence-corrected chi connectivity index (χ0v) is 10.5. The summed E-state index contributed by atoms with van der Waals surface area (Å²) < 4.78 is 45.5. The van der Waals surface area contributed by atoms with Crippen LogP contribution in [-0.4, -0.2) is 19.6 Å². The summed E-state index contributed by atoms with van der Waals surface area (Å²) in [6, 6.07) is 5.26. The van der Waals surface area contributed by atoms with E-state index < -0.39 is 6.36 Å². The average molecular weight is 278 g/mol. The molecule has 0 spiro atoms. The number of nitrogens with two attached hydrogens (primary N) is 1. The first kappa shape index (κ1) is 15.7. The van der Waals surface area contributed by atoms with E-state index >= 15 is 0 Å². The minimum absolute atomic E-state index is 0.277. The number of alkyl halides is 3. The van der Waals surface area contributed by atoms with Gasteiger partial charge in [0.15, 0.2) is 0 Å². The summed E-state index contributed by atoms with van der Waals surface area (Å²) >= 11 is 0. The predicted octanol–water partition coefficient (Wildman–Crippen LogP) is 2.52. The van der Waals surface area contributed by atoms with Crippen LogP contribution in [0.2, 0.25) is 0 Å². The van der Waals surface area contributed by atoms with E-state index in [9.17, 15) is 13.2 Å². The van der Waals surface area contributed by atoms with Gasteiger partial charge in [-0.2, -0.15) is 0 Å². The Morgan fingerprint density at radius 2 is 2.11 bits per heavy atom. The number of hydrogen-bond donors (Lipinski definition) is 2. The predicted molar refractivity (Wildman–Crippen MR) is 64.3 cm³/mol. The monoisotopic (exact) mass is 278 g/mol. The first-order chi connectivity index (χ1) is 8.96. The molecule has 7 heteroatoms. The molecule has 0 aliphatic carbocycles. The summed E-state index contributed by atoms with van der Waals surface area (Å²) in [4.78, 5) is 0. The molecule has 0 aromatic heterocycles. The lowest BCUT2D eigenvalue weighted by Gasteiger charge is -2.17. The molecule has 0 aliphatic rings. The first-order valence-corrected chi connectivity index (χ1v) is 5.86. The molecule has 3 N–H and O–H groups in total. The minimum atomic E-state index is -4.71. The molecule has 4 nitrogen and oxygen atoms in total. The van der Waals surface area contributed by atoms with Crippen molar-refractivity contribution >= 4 is 0 Å². The first-order valence-electron chi connectivity index (χ1n) is 5.86. The van der Waals surface area contributed by atoms with Gasteiger partial charge in [0.1, 0.15) is 5.75 Å². The van der Waals surface area contributed by atoms with Crippen LogP contribution in [0.15, 0.2) is 24.3 Å². The maximum absolute atomic E-state index is 12.1. The molecule has 0 fully saturated rings. The lowest BCUT2D eigenvalue weighted by Crippen LogP contribution is -2.31. The summed E-state index contributed by atoms with van der Waals surface area (Å²) in [6.07, 6.45) is -3.85. The molecule has 0 heterocycles. The van der Waals surface area contributed by atoms with Crippen molar-refractivity contribution in [1.29, 1.82) is 0 Å². The second kappa shape index (κ2) is 7.32. The molecule has 0 radical (unpaired) electrons. The number of nitrogens with one attached hydrogen (secondary N) is 1. The lowest BCUT2D eigenvalue weighted by molar-refractivity contribution is -0.274. The molecule has 108 valence electrons. The Hall–Kier alpha value is -1.31. The van der Waals surface area contributed by atoms with Crippen LogP contribution < -0.4 is 16.0 Å². The van der Waals surface area contributed by atoms with Gasteiger partial charge in [0.05, 0.1) is 12.6 Å². The number of ether oxygens (including phenoxy) is 2. The second-order valence-corrected chi connectivity index (χ2v) is 3.91. The van der Waals surface area contributed by atoms with Crippen LogP contribution in [0.5, 0.6) is 5.75 Å². The fourth-order valence-corrected chi connectivity index (χ4v) is 1.51. The fourth-order valence-electron chi connectivity index (χ4n) is 1.51. The zero-order valence-electron chi connectivity index (χ0n) is 10.5. The van der Waals surface area contributed by atoms with E-state index in [4.69, 9.17) is 10.6 Å². The number of halogens is 3. The van der Waals surface area contributed by atoms with Gasteiger partial charge in [-0.1, -0.05) is 19.1 Å². The van der Waals surface area contributed by atoms with Crippen LogP contribution in [0.1, 0.15) is 24.9 Å². The van der Waals surface area contributed by atoms with E-state index in [2.05, 4.69) is 10.2 Å². The quantitative estimate of drug-likeness (QED) is 0.457. The molecule has 0 aliphatic heterocycles. The van der Waals surface area contributed by atoms with Crippen molar-refractivity contribution in [2.75, 3.05) is 13.2 Å². The Kier molecular flexibility index (Phi) is 6.07. The van der Waals surface area contributed by atoms with Gasteiger partial charge < -0.3 is 9.47 Å². The fraction of sp³-hybridized carbons (Fsp3) is 0.500. The smallest absolute Gasteiger partial charge is 0.406 e. The number of hydrazine groups is 1. The highest BCUT2D eigenvalue weighted by molar-refractivity contribution is 5.30. The highest BCUT2D eigenvalue weighted by atomic mass is 19.4. The van der Waals surface area contributed by atoms with Gasteiger partial charge in [-0.05, 0) is 24.1 Å². The summed E-state index contributed by atoms with van der Waals surface area (Å²) in [5.74, 6) is 5.09. The number of hydrogen-bond acceptors (Lipinski definition) is 4. The molecule has 0 amide bonds. The molecular weight excluding hydrogens is 261 g/mol. The highest BCUT2D eigenvalue weighted by Crippen LogP contribution is 2.25. The van der Waals surface area contributed by atoms with Crippen LogP contribution in [-0.2, 0) is 4.74 Å². The van der Waals surface area contributed by atoms with E-state index in [0.717, 1.165) is 6.42 Å². The lowest BCUT2D eigenvalue weighted by atomic mass is 10.1. The molecule has 1 rings (SSSR count). The van der Waals surface area contributed by atoms with Gasteiger partial charge in [0, 0.05) is 6.61 Å². The Morgan fingerprint density at radius 1 is 1.37 bits per heavy atom. The van der Waals surface area contributed by atoms with Gasteiger partial charge in [-0.3, -0.25) is 11.3 Å². The second-order valence-electron chi connectivity index (χ2n) is 3.91. The van der Waals surface area contributed by atoms with Gasteiger partial charge >= 0.3 is 6.36 Å². The SMILES string of the molecule is CCCOCC(NN)c1cccc(OC(F)(F)F)c1. The maximum Gasteiger partial charge on any atom is 0.573 e. The van der Waals surface area contributed by atoms with Crippen LogP contribution >= 0.6 is 0 Å². The molecule has 0 saturated carbocycles. The molecular formula is C12H17F3N2O2. The highest BCUT2D eigenvalue weighted by Gasteiger charge is 2.31. The molecule has 1 unspecified atom stereocenters. The van der Waals surface area contributed by atoms with Crippen molar-refractivity contribution in [2.24, 2.45) is 5.84 Å². The average Bonchev–Trinajstić information content (AvgIpc) is 2.33. The van der Waals surface area contributed by atoms with E-state index in [-0.39, 0.29) is 18.4 Å². The summed E-state index contributed by atoms with van der Waals surface area (Å²) in [7, 11) is 0. The molecule has 0 bridgehead atoms. The van der Waals surface area contributed by atoms with Crippen molar-refractivity contribution < 1.29 is 22.6 Å². The molecule has 1 aromatic carbocycles. The van der Waals surface area contributed by atoms with Crippen molar-refractivity contribution in [2.45, 2.75) is 25.7 Å². The summed E-state index contributed by atoms with van der Waals surface area (Å²) in [5.41, 5.74) is 3.08. The van der Waals surface area contributed by atoms with Crippen LogP contribution in [0.4, 0.5) is 13.2 Å². The number of rotatable bonds is 7. The van der Waals surface area contributed by atoms with E-state index in [1.165, 1.54) is 18.2 Å². The Morgan fingerprint density at radius 3 is 2.68 bits per heavy atom. The number of benzene rings is 1. The normalized spacial score (nSPS) is 13.3. The van der Waals surface area contributed by atoms with Gasteiger partial charge in [-0.25, -0.2) is 0 Å². The molecule has 1 aromatic rings. The molecule has 19 heavy (non-hydrogen) atoms. The Bertz CT molecular complexity index is 385. The molecule has 1 atom stereocenters. The van der Waals surface area contributed by atoms with E-state index in [0.29, 0.717) is 12.2 Å². The van der Waals surface area contributed by atoms with Crippen molar-refractivity contribution in [3.05, 3.63) is 29.8 Å². The van der Waals surface area contributed by atoms with Gasteiger partial charge in [0.25, 0.3) is 0 Å². The minimum Gasteiger partial charge on any atom is -0.406 e. The van der Waals surface area contributed by atoms with E-state index in [1.54, 1.807) is 6.07 Å². The maximum atomic E-state index is 12.1. The van der Waals surface area contributed by atoms with Crippen LogP contribution in [0.3, 0.4) is 0 Å². The van der Waals surface area contributed by atoms with E-state index in [1.807, 2.05) is 6.92 Å². The van der Waals surface area contributed by atoms with Gasteiger partial charge in [-0.15, -0.1) is 13.2 Å². The summed E-state index contributed by atoms with van der Waals surface area (Å²) in [5, 5.41) is 0. The van der Waals surface area contributed by atoms with Crippen molar-refractivity contribution in [3.8, 4) is 5.75 Å². The standard InChI is InChI=1S/C12H17F3N2O2/c1-2-6-18-8-11(17-16)9-4-3-5-10(7-9)19-12(13,14)15/h3-5,7,11,17H,2,6,8,16H2,1H3. The third-order valence-corrected chi connectivity index (χ3v) is 2.33. The van der Waals surface area contributed by atoms with Crippen molar-refractivity contribution in [1.82, 2.24) is 5.43 Å². The Balaban J connectivity index is 2.72. The van der Waals surface area contributed by atoms with Crippen LogP contribution in [0, 0.1) is 0 Å². The van der Waals surface area contributed by atoms with Gasteiger partial charge in [0.2, 0.25) is 0 Å². The van der Waals surface area contributed by atoms with Crippen molar-refractivity contribution in [3.63, 3.8) is 0 Å². The largest absolute Gasteiger partial charge is 0.573 e. The molecule has 0 saturated heterocycles. The Labute approximate surface area is 109 Å². The topological polar surface area (TPSA) is 56.5 Å².